The SMILES string of the molecule is NCC1(C(=O)Nc2ccc(Cl)cc2[N+](=O)[O-])CCCCC1. The summed E-state index contributed by atoms with van der Waals surface area (Å²) in [6.07, 6.45) is 4.43. The Bertz CT molecular complexity index is 556. The number of nitrogens with two attached hydrogens (primary N) is 1. The second-order valence-electron chi connectivity index (χ2n) is 5.42. The molecular weight excluding hydrogens is 294 g/mol. The third-order valence-electron chi connectivity index (χ3n) is 4.09. The molecule has 1 amide bonds. The Morgan fingerprint density at radius 3 is 2.62 bits per heavy atom. The van der Waals surface area contributed by atoms with Crippen molar-refractivity contribution in [3.63, 3.8) is 0 Å². The van der Waals surface area contributed by atoms with Gasteiger partial charge in [0.15, 0.2) is 0 Å². The van der Waals surface area contributed by atoms with Gasteiger partial charge in [-0.2, -0.15) is 0 Å². The summed E-state index contributed by atoms with van der Waals surface area (Å²) in [5, 5.41) is 14.0. The van der Waals surface area contributed by atoms with Crippen molar-refractivity contribution >= 4 is 28.9 Å². The van der Waals surface area contributed by atoms with Crippen molar-refractivity contribution in [2.45, 2.75) is 32.1 Å². The minimum absolute atomic E-state index is 0.160. The monoisotopic (exact) mass is 311 g/mol. The highest BCUT2D eigenvalue weighted by molar-refractivity contribution is 6.31. The maximum Gasteiger partial charge on any atom is 0.294 e. The first-order valence-electron chi connectivity index (χ1n) is 6.94. The molecule has 1 aliphatic rings. The van der Waals surface area contributed by atoms with Crippen LogP contribution in [0, 0.1) is 15.5 Å². The van der Waals surface area contributed by atoms with Crippen molar-refractivity contribution in [1.29, 1.82) is 0 Å². The zero-order valence-electron chi connectivity index (χ0n) is 11.6. The Labute approximate surface area is 127 Å². The second-order valence-corrected chi connectivity index (χ2v) is 5.85. The number of carbonyl (C=O) groups excluding carboxylic acids is 1. The average molecular weight is 312 g/mol. The molecule has 1 aromatic rings. The molecule has 2 rings (SSSR count). The highest BCUT2D eigenvalue weighted by atomic mass is 35.5. The molecule has 0 atom stereocenters. The Morgan fingerprint density at radius 2 is 2.05 bits per heavy atom. The van der Waals surface area contributed by atoms with E-state index in [0.29, 0.717) is 0 Å². The lowest BCUT2D eigenvalue weighted by atomic mass is 9.73. The fraction of sp³-hybridized carbons (Fsp3) is 0.500. The van der Waals surface area contributed by atoms with Crippen LogP contribution < -0.4 is 11.1 Å². The summed E-state index contributed by atoms with van der Waals surface area (Å²) in [4.78, 5) is 23.0. The van der Waals surface area contributed by atoms with E-state index in [0.717, 1.165) is 32.1 Å². The topological polar surface area (TPSA) is 98.3 Å². The molecule has 0 unspecified atom stereocenters. The Hall–Kier alpha value is -1.66. The summed E-state index contributed by atoms with van der Waals surface area (Å²) >= 11 is 5.76. The van der Waals surface area contributed by atoms with Crippen LogP contribution in [0.5, 0.6) is 0 Å². The fourth-order valence-electron chi connectivity index (χ4n) is 2.77. The number of rotatable bonds is 4. The van der Waals surface area contributed by atoms with Crippen LogP contribution in [0.1, 0.15) is 32.1 Å². The first kappa shape index (κ1) is 15.7. The molecule has 0 heterocycles. The minimum Gasteiger partial charge on any atom is -0.329 e. The standard InChI is InChI=1S/C14H18ClN3O3/c15-10-4-5-11(12(8-10)18(20)21)17-13(19)14(9-16)6-2-1-3-7-14/h4-5,8H,1-3,6-7,9,16H2,(H,17,19). The molecule has 0 aromatic heterocycles. The van der Waals surface area contributed by atoms with Crippen molar-refractivity contribution in [3.05, 3.63) is 33.3 Å². The van der Waals surface area contributed by atoms with Gasteiger partial charge in [-0.15, -0.1) is 0 Å². The third-order valence-corrected chi connectivity index (χ3v) is 4.32. The fourth-order valence-corrected chi connectivity index (χ4v) is 2.94. The minimum atomic E-state index is -0.619. The van der Waals surface area contributed by atoms with E-state index in [2.05, 4.69) is 5.32 Å². The van der Waals surface area contributed by atoms with Gasteiger partial charge in [0.05, 0.1) is 10.3 Å². The van der Waals surface area contributed by atoms with Gasteiger partial charge < -0.3 is 11.1 Å². The van der Waals surface area contributed by atoms with Gasteiger partial charge in [-0.1, -0.05) is 30.9 Å². The molecule has 7 heteroatoms. The number of nitrogens with zero attached hydrogens (tertiary/aromatic N) is 1. The quantitative estimate of drug-likeness (QED) is 0.659. The third kappa shape index (κ3) is 3.33. The smallest absolute Gasteiger partial charge is 0.294 e. The Kier molecular flexibility index (Phi) is 4.80. The lowest BCUT2D eigenvalue weighted by Crippen LogP contribution is -2.43. The second kappa shape index (κ2) is 6.41. The van der Waals surface area contributed by atoms with Crippen LogP contribution in [-0.4, -0.2) is 17.4 Å². The van der Waals surface area contributed by atoms with Gasteiger partial charge in [-0.25, -0.2) is 0 Å². The summed E-state index contributed by atoms with van der Waals surface area (Å²) in [6.45, 7) is 0.250. The number of benzene rings is 1. The van der Waals surface area contributed by atoms with Crippen LogP contribution in [-0.2, 0) is 4.79 Å². The normalized spacial score (nSPS) is 17.2. The molecular formula is C14H18ClN3O3. The number of nitro groups is 1. The number of hydrogen-bond donors (Lipinski definition) is 2. The van der Waals surface area contributed by atoms with E-state index >= 15 is 0 Å². The number of carbonyl (C=O) groups is 1. The number of halogens is 1. The van der Waals surface area contributed by atoms with E-state index in [-0.39, 0.29) is 28.8 Å². The predicted octanol–water partition coefficient (Wildman–Crippen LogP) is 3.10. The largest absolute Gasteiger partial charge is 0.329 e. The van der Waals surface area contributed by atoms with Gasteiger partial charge in [0.1, 0.15) is 5.69 Å². The number of nitrogens with one attached hydrogen (secondary N) is 1. The summed E-state index contributed by atoms with van der Waals surface area (Å²) in [5.74, 6) is -0.241. The van der Waals surface area contributed by atoms with Gasteiger partial charge in [0.2, 0.25) is 5.91 Å². The van der Waals surface area contributed by atoms with E-state index in [4.69, 9.17) is 17.3 Å². The van der Waals surface area contributed by atoms with Gasteiger partial charge in [-0.3, -0.25) is 14.9 Å². The molecule has 0 saturated heterocycles. The summed E-state index contributed by atoms with van der Waals surface area (Å²) in [6, 6.07) is 4.19. The molecule has 6 nitrogen and oxygen atoms in total. The first-order valence-corrected chi connectivity index (χ1v) is 7.32. The highest BCUT2D eigenvalue weighted by Crippen LogP contribution is 2.37. The molecule has 114 valence electrons. The predicted molar refractivity (Wildman–Crippen MR) is 81.3 cm³/mol. The zero-order valence-corrected chi connectivity index (χ0v) is 12.4. The van der Waals surface area contributed by atoms with Gasteiger partial charge in [0, 0.05) is 17.6 Å². The number of anilines is 1. The molecule has 1 saturated carbocycles. The lowest BCUT2D eigenvalue weighted by Gasteiger charge is -2.34. The van der Waals surface area contributed by atoms with Crippen LogP contribution in [0.3, 0.4) is 0 Å². The maximum atomic E-state index is 12.5. The Balaban J connectivity index is 2.24. The molecule has 1 fully saturated rings. The van der Waals surface area contributed by atoms with Crippen molar-refractivity contribution in [2.75, 3.05) is 11.9 Å². The summed E-state index contributed by atoms with van der Waals surface area (Å²) in [5.41, 5.74) is 5.13. The number of hydrogen-bond acceptors (Lipinski definition) is 4. The molecule has 0 spiro atoms. The zero-order chi connectivity index (χ0) is 15.5. The number of amides is 1. The van der Waals surface area contributed by atoms with E-state index in [9.17, 15) is 14.9 Å². The molecule has 1 aliphatic carbocycles. The van der Waals surface area contributed by atoms with E-state index in [1.807, 2.05) is 0 Å². The van der Waals surface area contributed by atoms with Crippen LogP contribution in [0.15, 0.2) is 18.2 Å². The molecule has 0 bridgehead atoms. The van der Waals surface area contributed by atoms with Gasteiger partial charge in [0.25, 0.3) is 5.69 Å². The van der Waals surface area contributed by atoms with Crippen molar-refractivity contribution < 1.29 is 9.72 Å². The molecule has 3 N–H and O–H groups in total. The van der Waals surface area contributed by atoms with Crippen LogP contribution in [0.25, 0.3) is 0 Å². The molecule has 0 aliphatic heterocycles. The molecule has 0 radical (unpaired) electrons. The Morgan fingerprint density at radius 1 is 1.38 bits per heavy atom. The summed E-state index contributed by atoms with van der Waals surface area (Å²) < 4.78 is 0. The average Bonchev–Trinajstić information content (AvgIpc) is 2.49. The molecule has 21 heavy (non-hydrogen) atoms. The molecule has 1 aromatic carbocycles. The lowest BCUT2D eigenvalue weighted by molar-refractivity contribution is -0.383. The van der Waals surface area contributed by atoms with Crippen molar-refractivity contribution in [3.8, 4) is 0 Å². The number of nitro benzene ring substituents is 1. The van der Waals surface area contributed by atoms with Gasteiger partial charge >= 0.3 is 0 Å². The van der Waals surface area contributed by atoms with Crippen LogP contribution >= 0.6 is 11.6 Å². The van der Waals surface area contributed by atoms with Crippen LogP contribution in [0.4, 0.5) is 11.4 Å². The van der Waals surface area contributed by atoms with E-state index in [1.54, 1.807) is 0 Å². The maximum absolute atomic E-state index is 12.5. The van der Waals surface area contributed by atoms with Crippen LogP contribution in [0.2, 0.25) is 5.02 Å². The summed E-state index contributed by atoms with van der Waals surface area (Å²) in [7, 11) is 0. The van der Waals surface area contributed by atoms with Gasteiger partial charge in [-0.05, 0) is 25.0 Å². The van der Waals surface area contributed by atoms with Crippen molar-refractivity contribution in [1.82, 2.24) is 0 Å². The van der Waals surface area contributed by atoms with Crippen molar-refractivity contribution in [2.24, 2.45) is 11.1 Å². The van der Waals surface area contributed by atoms with E-state index in [1.165, 1.54) is 18.2 Å². The highest BCUT2D eigenvalue weighted by Gasteiger charge is 2.38. The van der Waals surface area contributed by atoms with E-state index < -0.39 is 10.3 Å². The first-order chi connectivity index (χ1) is 9.98.